The first kappa shape index (κ1) is 20.0. The van der Waals surface area contributed by atoms with E-state index in [1.807, 2.05) is 26.0 Å². The normalized spacial score (nSPS) is 17.1. The van der Waals surface area contributed by atoms with Gasteiger partial charge < -0.3 is 4.52 Å². The number of nitrogens with zero attached hydrogens (tertiary/aromatic N) is 4. The van der Waals surface area contributed by atoms with Crippen molar-refractivity contribution in [2.45, 2.75) is 51.0 Å². The second-order valence-corrected chi connectivity index (χ2v) is 9.54. The minimum Gasteiger partial charge on any atom is -0.338 e. The summed E-state index contributed by atoms with van der Waals surface area (Å²) in [6.07, 6.45) is 0. The fourth-order valence-corrected chi connectivity index (χ4v) is 4.48. The molecule has 0 aliphatic carbocycles. The maximum atomic E-state index is 12.9. The van der Waals surface area contributed by atoms with Crippen molar-refractivity contribution in [3.63, 3.8) is 0 Å². The van der Waals surface area contributed by atoms with Crippen LogP contribution in [0.1, 0.15) is 56.8 Å². The molecule has 1 aliphatic rings. The van der Waals surface area contributed by atoms with Gasteiger partial charge in [-0.25, -0.2) is 8.42 Å². The number of hydrogen-bond acceptors (Lipinski definition) is 6. The minimum atomic E-state index is -3.45. The fraction of sp³-hybridized carbons (Fsp3) is 0.579. The first-order valence-corrected chi connectivity index (χ1v) is 10.9. The summed E-state index contributed by atoms with van der Waals surface area (Å²) in [4.78, 5) is 6.89. The van der Waals surface area contributed by atoms with Crippen molar-refractivity contribution in [1.82, 2.24) is 19.3 Å². The molecule has 0 atom stereocenters. The largest absolute Gasteiger partial charge is 0.338 e. The summed E-state index contributed by atoms with van der Waals surface area (Å²) in [6.45, 7) is 11.0. The molecule has 1 fully saturated rings. The van der Waals surface area contributed by atoms with Crippen LogP contribution in [0.3, 0.4) is 0 Å². The molecule has 1 aliphatic heterocycles. The van der Waals surface area contributed by atoms with E-state index in [1.165, 1.54) is 0 Å². The molecule has 148 valence electrons. The van der Waals surface area contributed by atoms with Gasteiger partial charge >= 0.3 is 0 Å². The topological polar surface area (TPSA) is 79.5 Å². The highest BCUT2D eigenvalue weighted by atomic mass is 32.2. The fourth-order valence-electron chi connectivity index (χ4n) is 3.06. The van der Waals surface area contributed by atoms with E-state index in [4.69, 9.17) is 4.52 Å². The molecule has 7 nitrogen and oxygen atoms in total. The Morgan fingerprint density at radius 3 is 2.15 bits per heavy atom. The van der Waals surface area contributed by atoms with Gasteiger partial charge in [0.05, 0.1) is 11.4 Å². The second-order valence-electron chi connectivity index (χ2n) is 7.60. The van der Waals surface area contributed by atoms with Gasteiger partial charge in [-0.05, 0) is 23.6 Å². The Labute approximate surface area is 161 Å². The van der Waals surface area contributed by atoms with Gasteiger partial charge in [0, 0.05) is 32.1 Å². The van der Waals surface area contributed by atoms with Gasteiger partial charge in [0.15, 0.2) is 5.82 Å². The van der Waals surface area contributed by atoms with Gasteiger partial charge in [0.2, 0.25) is 15.9 Å². The molecule has 1 aromatic carbocycles. The lowest BCUT2D eigenvalue weighted by atomic mass is 10.0. The van der Waals surface area contributed by atoms with Gasteiger partial charge in [-0.1, -0.05) is 45.0 Å². The molecule has 0 spiro atoms. The van der Waals surface area contributed by atoms with E-state index in [-0.39, 0.29) is 5.92 Å². The van der Waals surface area contributed by atoms with Crippen LogP contribution in [0.15, 0.2) is 33.7 Å². The molecule has 0 N–H and O–H groups in total. The standard InChI is InChI=1S/C19H28N4O3S/c1-14(2)16-5-7-17(8-6-16)27(24,25)23-11-9-22(10-12-23)13-18-20-19(15(3)4)21-26-18/h5-8,14-15H,9-13H2,1-4H3. The Morgan fingerprint density at radius 1 is 1.00 bits per heavy atom. The zero-order chi connectivity index (χ0) is 19.6. The van der Waals surface area contributed by atoms with Crippen molar-refractivity contribution in [3.8, 4) is 0 Å². The monoisotopic (exact) mass is 392 g/mol. The lowest BCUT2D eigenvalue weighted by Gasteiger charge is -2.33. The van der Waals surface area contributed by atoms with Crippen molar-refractivity contribution in [2.24, 2.45) is 0 Å². The summed E-state index contributed by atoms with van der Waals surface area (Å²) >= 11 is 0. The number of aromatic nitrogens is 2. The third-order valence-corrected chi connectivity index (χ3v) is 6.79. The highest BCUT2D eigenvalue weighted by Gasteiger charge is 2.29. The van der Waals surface area contributed by atoms with Crippen molar-refractivity contribution in [2.75, 3.05) is 26.2 Å². The Balaban J connectivity index is 1.60. The van der Waals surface area contributed by atoms with E-state index in [0.717, 1.165) is 5.56 Å². The number of benzene rings is 1. The highest BCUT2D eigenvalue weighted by Crippen LogP contribution is 2.21. The summed E-state index contributed by atoms with van der Waals surface area (Å²) in [5.41, 5.74) is 1.14. The third kappa shape index (κ3) is 4.56. The molecule has 0 amide bonds. The molecular weight excluding hydrogens is 364 g/mol. The van der Waals surface area contributed by atoms with Crippen LogP contribution in [0.25, 0.3) is 0 Å². The number of hydrogen-bond donors (Lipinski definition) is 0. The molecule has 0 unspecified atom stereocenters. The second kappa shape index (κ2) is 8.08. The lowest BCUT2D eigenvalue weighted by molar-refractivity contribution is 0.163. The number of rotatable bonds is 6. The van der Waals surface area contributed by atoms with Crippen LogP contribution in [0.4, 0.5) is 0 Å². The van der Waals surface area contributed by atoms with Crippen LogP contribution in [0.5, 0.6) is 0 Å². The van der Waals surface area contributed by atoms with Crippen molar-refractivity contribution in [1.29, 1.82) is 0 Å². The quantitative estimate of drug-likeness (QED) is 0.752. The van der Waals surface area contributed by atoms with Crippen molar-refractivity contribution in [3.05, 3.63) is 41.5 Å². The average Bonchev–Trinajstić information content (AvgIpc) is 3.11. The SMILES string of the molecule is CC(C)c1ccc(S(=O)(=O)N2CCN(Cc3nc(C(C)C)no3)CC2)cc1. The molecule has 0 saturated carbocycles. The van der Waals surface area contributed by atoms with Crippen LogP contribution in [0, 0.1) is 0 Å². The van der Waals surface area contributed by atoms with E-state index in [9.17, 15) is 8.42 Å². The molecule has 8 heteroatoms. The summed E-state index contributed by atoms with van der Waals surface area (Å²) in [5.74, 6) is 1.90. The zero-order valence-corrected chi connectivity index (χ0v) is 17.2. The van der Waals surface area contributed by atoms with Crippen LogP contribution in [-0.2, 0) is 16.6 Å². The first-order valence-electron chi connectivity index (χ1n) is 9.42. The van der Waals surface area contributed by atoms with E-state index in [2.05, 4.69) is 28.9 Å². The molecule has 1 aromatic heterocycles. The molecule has 27 heavy (non-hydrogen) atoms. The maximum Gasteiger partial charge on any atom is 0.243 e. The minimum absolute atomic E-state index is 0.228. The van der Waals surface area contributed by atoms with Gasteiger partial charge in [-0.3, -0.25) is 4.90 Å². The molecule has 0 radical (unpaired) electrons. The summed E-state index contributed by atoms with van der Waals surface area (Å²) in [7, 11) is -3.45. The van der Waals surface area contributed by atoms with E-state index in [0.29, 0.717) is 55.3 Å². The van der Waals surface area contributed by atoms with Crippen LogP contribution >= 0.6 is 0 Å². The Bertz CT molecular complexity index is 851. The molecule has 1 saturated heterocycles. The summed E-state index contributed by atoms with van der Waals surface area (Å²) in [5, 5.41) is 3.98. The number of piperazine rings is 1. The predicted octanol–water partition coefficient (Wildman–Crippen LogP) is 2.82. The smallest absolute Gasteiger partial charge is 0.243 e. The van der Waals surface area contributed by atoms with Gasteiger partial charge in [-0.15, -0.1) is 0 Å². The van der Waals surface area contributed by atoms with Crippen LogP contribution in [-0.4, -0.2) is 53.9 Å². The van der Waals surface area contributed by atoms with E-state index >= 15 is 0 Å². The van der Waals surface area contributed by atoms with Crippen LogP contribution in [0.2, 0.25) is 0 Å². The average molecular weight is 393 g/mol. The zero-order valence-electron chi connectivity index (χ0n) is 16.4. The Kier molecular flexibility index (Phi) is 5.98. The van der Waals surface area contributed by atoms with Crippen LogP contribution < -0.4 is 0 Å². The first-order chi connectivity index (χ1) is 12.8. The highest BCUT2D eigenvalue weighted by molar-refractivity contribution is 7.89. The summed E-state index contributed by atoms with van der Waals surface area (Å²) < 4.78 is 32.6. The number of sulfonamides is 1. The molecular formula is C19H28N4O3S. The van der Waals surface area contributed by atoms with E-state index in [1.54, 1.807) is 16.4 Å². The van der Waals surface area contributed by atoms with E-state index < -0.39 is 10.0 Å². The molecule has 0 bridgehead atoms. The lowest BCUT2D eigenvalue weighted by Crippen LogP contribution is -2.48. The summed E-state index contributed by atoms with van der Waals surface area (Å²) in [6, 6.07) is 7.22. The Hall–Kier alpha value is -1.77. The third-order valence-electron chi connectivity index (χ3n) is 4.87. The molecule has 2 heterocycles. The van der Waals surface area contributed by atoms with Crippen molar-refractivity contribution >= 4 is 10.0 Å². The van der Waals surface area contributed by atoms with Gasteiger partial charge in [0.1, 0.15) is 0 Å². The van der Waals surface area contributed by atoms with Gasteiger partial charge in [-0.2, -0.15) is 9.29 Å². The van der Waals surface area contributed by atoms with Crippen molar-refractivity contribution < 1.29 is 12.9 Å². The molecule has 2 aromatic rings. The molecule has 3 rings (SSSR count). The Morgan fingerprint density at radius 2 is 1.63 bits per heavy atom. The van der Waals surface area contributed by atoms with Gasteiger partial charge in [0.25, 0.3) is 0 Å². The predicted molar refractivity (Wildman–Crippen MR) is 103 cm³/mol. The maximum absolute atomic E-state index is 12.9.